The molecule has 0 spiro atoms. The van der Waals surface area contributed by atoms with Gasteiger partial charge in [-0.25, -0.2) is 4.68 Å². The van der Waals surface area contributed by atoms with Crippen molar-refractivity contribution in [2.45, 2.75) is 19.3 Å². The van der Waals surface area contributed by atoms with Gasteiger partial charge in [0.2, 0.25) is 4.60 Å². The lowest BCUT2D eigenvalue weighted by molar-refractivity contribution is -0.386. The van der Waals surface area contributed by atoms with Crippen molar-refractivity contribution < 1.29 is 15.1 Å². The summed E-state index contributed by atoms with van der Waals surface area (Å²) in [5.41, 5.74) is -0.297. The molecule has 15 heavy (non-hydrogen) atoms. The average Bonchev–Trinajstić information content (AvgIpc) is 2.40. The van der Waals surface area contributed by atoms with Crippen molar-refractivity contribution in [3.63, 3.8) is 0 Å². The van der Waals surface area contributed by atoms with Gasteiger partial charge in [0.15, 0.2) is 10.8 Å². The predicted octanol–water partition coefficient (Wildman–Crippen LogP) is 1.19. The molecule has 2 N–H and O–H groups in total. The molecule has 2 atom stereocenters. The van der Waals surface area contributed by atoms with Crippen molar-refractivity contribution in [1.82, 2.24) is 9.78 Å². The molecule has 84 valence electrons. The van der Waals surface area contributed by atoms with Gasteiger partial charge in [-0.1, -0.05) is 0 Å². The van der Waals surface area contributed by atoms with Crippen LogP contribution in [0.2, 0.25) is 0 Å². The number of halogens is 2. The van der Waals surface area contributed by atoms with Crippen molar-refractivity contribution in [3.8, 4) is 0 Å². The minimum atomic E-state index is -1.34. The van der Waals surface area contributed by atoms with Gasteiger partial charge in [0, 0.05) is 0 Å². The van der Waals surface area contributed by atoms with E-state index in [2.05, 4.69) is 37.0 Å². The predicted molar refractivity (Wildman–Crippen MR) is 57.2 cm³/mol. The quantitative estimate of drug-likeness (QED) is 0.633. The highest BCUT2D eigenvalue weighted by Gasteiger charge is 2.28. The Morgan fingerprint density at radius 3 is 2.40 bits per heavy atom. The maximum Gasteiger partial charge on any atom is 0.335 e. The van der Waals surface area contributed by atoms with Gasteiger partial charge in [-0.15, -0.1) is 0 Å². The van der Waals surface area contributed by atoms with E-state index in [0.717, 1.165) is 4.68 Å². The number of aliphatic hydroxyl groups is 2. The first-order valence-corrected chi connectivity index (χ1v) is 5.39. The SMILES string of the molecule is CC(O)C(O)n1nc(Br)c([N+](=O)[O-])c1Br. The zero-order chi connectivity index (χ0) is 11.7. The van der Waals surface area contributed by atoms with E-state index >= 15 is 0 Å². The maximum absolute atomic E-state index is 10.6. The molecule has 9 heteroatoms. The second-order valence-electron chi connectivity index (χ2n) is 2.79. The van der Waals surface area contributed by atoms with Crippen LogP contribution in [-0.2, 0) is 0 Å². The Morgan fingerprint density at radius 1 is 1.53 bits per heavy atom. The lowest BCUT2D eigenvalue weighted by atomic mass is 10.4. The molecule has 7 nitrogen and oxygen atoms in total. The van der Waals surface area contributed by atoms with E-state index in [1.54, 1.807) is 0 Å². The van der Waals surface area contributed by atoms with Crippen LogP contribution in [0.3, 0.4) is 0 Å². The van der Waals surface area contributed by atoms with Gasteiger partial charge in [-0.05, 0) is 38.8 Å². The molecule has 0 bridgehead atoms. The maximum atomic E-state index is 10.6. The van der Waals surface area contributed by atoms with Gasteiger partial charge in [0.1, 0.15) is 0 Å². The number of nitrogens with zero attached hydrogens (tertiary/aromatic N) is 3. The Labute approximate surface area is 101 Å². The molecule has 0 radical (unpaired) electrons. The molecular formula is C6H7Br2N3O4. The fourth-order valence-corrected chi connectivity index (χ4v) is 2.30. The van der Waals surface area contributed by atoms with E-state index < -0.39 is 17.3 Å². The van der Waals surface area contributed by atoms with E-state index in [0.29, 0.717) is 0 Å². The van der Waals surface area contributed by atoms with Crippen LogP contribution in [0.1, 0.15) is 13.2 Å². The second kappa shape index (κ2) is 4.56. The number of hydrogen-bond donors (Lipinski definition) is 2. The Kier molecular flexibility index (Phi) is 3.82. The second-order valence-corrected chi connectivity index (χ2v) is 4.29. The van der Waals surface area contributed by atoms with Gasteiger partial charge in [0.05, 0.1) is 11.0 Å². The highest BCUT2D eigenvalue weighted by molar-refractivity contribution is 9.11. The summed E-state index contributed by atoms with van der Waals surface area (Å²) in [7, 11) is 0. The van der Waals surface area contributed by atoms with Gasteiger partial charge in [-0.2, -0.15) is 5.10 Å². The van der Waals surface area contributed by atoms with Crippen LogP contribution in [0, 0.1) is 10.1 Å². The van der Waals surface area contributed by atoms with Crippen LogP contribution in [0.25, 0.3) is 0 Å². The standard InChI is InChI=1S/C6H7Br2N3O4/c1-2(12)6(13)10-5(8)3(11(14)15)4(7)9-10/h2,6,12-13H,1H3. The Balaban J connectivity index is 3.23. The topological polar surface area (TPSA) is 101 Å². The number of rotatable bonds is 3. The molecule has 0 aromatic carbocycles. The number of aromatic nitrogens is 2. The largest absolute Gasteiger partial charge is 0.389 e. The summed E-state index contributed by atoms with van der Waals surface area (Å²) < 4.78 is 0.902. The van der Waals surface area contributed by atoms with Crippen LogP contribution in [0.4, 0.5) is 5.69 Å². The minimum Gasteiger partial charge on any atom is -0.389 e. The first-order chi connectivity index (χ1) is 6.86. The van der Waals surface area contributed by atoms with Crippen molar-refractivity contribution in [1.29, 1.82) is 0 Å². The highest BCUT2D eigenvalue weighted by atomic mass is 79.9. The van der Waals surface area contributed by atoms with Crippen molar-refractivity contribution in [3.05, 3.63) is 19.3 Å². The van der Waals surface area contributed by atoms with E-state index in [1.165, 1.54) is 6.92 Å². The van der Waals surface area contributed by atoms with Gasteiger partial charge in [0.25, 0.3) is 0 Å². The highest BCUT2D eigenvalue weighted by Crippen LogP contribution is 2.34. The zero-order valence-electron chi connectivity index (χ0n) is 7.46. The van der Waals surface area contributed by atoms with Crippen LogP contribution >= 0.6 is 31.9 Å². The Bertz CT molecular complexity index is 392. The van der Waals surface area contributed by atoms with Gasteiger partial charge in [-0.3, -0.25) is 10.1 Å². The summed E-state index contributed by atoms with van der Waals surface area (Å²) in [6.07, 6.45) is -2.43. The summed E-state index contributed by atoms with van der Waals surface area (Å²) in [5.74, 6) is 0. The zero-order valence-corrected chi connectivity index (χ0v) is 10.6. The van der Waals surface area contributed by atoms with Gasteiger partial charge < -0.3 is 10.2 Å². The molecule has 0 amide bonds. The summed E-state index contributed by atoms with van der Waals surface area (Å²) in [5, 5.41) is 32.9. The van der Waals surface area contributed by atoms with Crippen molar-refractivity contribution >= 4 is 37.5 Å². The van der Waals surface area contributed by atoms with Crippen LogP contribution in [-0.4, -0.2) is 31.0 Å². The third-order valence-electron chi connectivity index (χ3n) is 1.65. The lowest BCUT2D eigenvalue weighted by Crippen LogP contribution is -2.22. The molecule has 0 fully saturated rings. The van der Waals surface area contributed by atoms with Crippen LogP contribution < -0.4 is 0 Å². The number of nitro groups is 1. The lowest BCUT2D eigenvalue weighted by Gasteiger charge is -2.13. The van der Waals surface area contributed by atoms with E-state index in [1.807, 2.05) is 0 Å². The van der Waals surface area contributed by atoms with E-state index in [4.69, 9.17) is 5.11 Å². The molecule has 2 unspecified atom stereocenters. The van der Waals surface area contributed by atoms with E-state index in [9.17, 15) is 15.2 Å². The normalized spacial score (nSPS) is 15.0. The smallest absolute Gasteiger partial charge is 0.335 e. The molecule has 0 aliphatic rings. The summed E-state index contributed by atoms with van der Waals surface area (Å²) in [4.78, 5) is 9.95. The van der Waals surface area contributed by atoms with Crippen LogP contribution in [0.5, 0.6) is 0 Å². The minimum absolute atomic E-state index is 0.00669. The molecule has 0 saturated carbocycles. The first kappa shape index (κ1) is 12.6. The van der Waals surface area contributed by atoms with Crippen molar-refractivity contribution in [2.24, 2.45) is 0 Å². The third-order valence-corrected chi connectivity index (χ3v) is 2.93. The Hall–Kier alpha value is -0.510. The molecule has 0 aliphatic heterocycles. The molecule has 1 rings (SSSR count). The van der Waals surface area contributed by atoms with E-state index in [-0.39, 0.29) is 14.9 Å². The number of aliphatic hydroxyl groups excluding tert-OH is 2. The monoisotopic (exact) mass is 343 g/mol. The summed E-state index contributed by atoms with van der Waals surface area (Å²) in [6.45, 7) is 1.35. The molecule has 0 saturated heterocycles. The van der Waals surface area contributed by atoms with Gasteiger partial charge >= 0.3 is 5.69 Å². The fraction of sp³-hybridized carbons (Fsp3) is 0.500. The molecular weight excluding hydrogens is 338 g/mol. The summed E-state index contributed by atoms with van der Waals surface area (Å²) in [6, 6.07) is 0. The Morgan fingerprint density at radius 2 is 2.07 bits per heavy atom. The molecule has 0 aliphatic carbocycles. The number of hydrogen-bond acceptors (Lipinski definition) is 5. The molecule has 1 aromatic rings. The summed E-state index contributed by atoms with van der Waals surface area (Å²) >= 11 is 5.82. The molecule has 1 heterocycles. The average molecular weight is 345 g/mol. The fourth-order valence-electron chi connectivity index (χ4n) is 0.910. The van der Waals surface area contributed by atoms with Crippen LogP contribution in [0.15, 0.2) is 9.21 Å². The third kappa shape index (κ3) is 2.36. The first-order valence-electron chi connectivity index (χ1n) is 3.80. The van der Waals surface area contributed by atoms with Crippen molar-refractivity contribution in [2.75, 3.05) is 0 Å². The molecule has 1 aromatic heterocycles.